The van der Waals surface area contributed by atoms with Crippen molar-refractivity contribution in [3.8, 4) is 0 Å². The molecule has 0 aliphatic carbocycles. The number of carbonyl (C=O) groups is 1. The van der Waals surface area contributed by atoms with Crippen molar-refractivity contribution in [1.29, 1.82) is 0 Å². The lowest BCUT2D eigenvalue weighted by Gasteiger charge is -2.23. The number of rotatable bonds is 3. The van der Waals surface area contributed by atoms with E-state index in [1.165, 1.54) is 0 Å². The second-order valence-electron chi connectivity index (χ2n) is 6.19. The maximum atomic E-state index is 12.1. The van der Waals surface area contributed by atoms with Gasteiger partial charge in [-0.1, -0.05) is 68.8 Å². The van der Waals surface area contributed by atoms with Gasteiger partial charge in [0.2, 0.25) is 0 Å². The molecule has 0 saturated carbocycles. The molecule has 0 bridgehead atoms. The van der Waals surface area contributed by atoms with Crippen molar-refractivity contribution < 1.29 is 4.79 Å². The van der Waals surface area contributed by atoms with Crippen molar-refractivity contribution in [3.05, 3.63) is 64.7 Å². The van der Waals surface area contributed by atoms with Gasteiger partial charge in [-0.05, 0) is 28.7 Å². The van der Waals surface area contributed by atoms with Crippen molar-refractivity contribution in [2.75, 3.05) is 5.32 Å². The van der Waals surface area contributed by atoms with Gasteiger partial charge in [-0.25, -0.2) is 4.79 Å². The van der Waals surface area contributed by atoms with Crippen LogP contribution < -0.4 is 10.6 Å². The van der Waals surface area contributed by atoms with Crippen LogP contribution in [0.3, 0.4) is 0 Å². The molecule has 22 heavy (non-hydrogen) atoms. The van der Waals surface area contributed by atoms with Crippen LogP contribution in [0.2, 0.25) is 5.02 Å². The van der Waals surface area contributed by atoms with E-state index in [9.17, 15) is 4.79 Å². The average molecular weight is 317 g/mol. The topological polar surface area (TPSA) is 41.1 Å². The molecule has 0 spiro atoms. The molecule has 2 rings (SSSR count). The fraction of sp³-hybridized carbons (Fsp3) is 0.278. The minimum absolute atomic E-state index is 0.0351. The highest BCUT2D eigenvalue weighted by Gasteiger charge is 2.18. The van der Waals surface area contributed by atoms with Gasteiger partial charge >= 0.3 is 6.03 Å². The number of halogens is 1. The fourth-order valence-electron chi connectivity index (χ4n) is 2.23. The number of anilines is 1. The quantitative estimate of drug-likeness (QED) is 0.825. The second-order valence-corrected chi connectivity index (χ2v) is 6.60. The third kappa shape index (κ3) is 4.25. The van der Waals surface area contributed by atoms with Gasteiger partial charge in [-0.2, -0.15) is 0 Å². The number of urea groups is 1. The van der Waals surface area contributed by atoms with Gasteiger partial charge in [0.1, 0.15) is 0 Å². The van der Waals surface area contributed by atoms with Crippen molar-refractivity contribution in [2.45, 2.75) is 32.7 Å². The number of hydrogen-bond acceptors (Lipinski definition) is 1. The summed E-state index contributed by atoms with van der Waals surface area (Å²) in [5.74, 6) is 0. The predicted molar refractivity (Wildman–Crippen MR) is 92.5 cm³/mol. The zero-order valence-electron chi connectivity index (χ0n) is 13.1. The van der Waals surface area contributed by atoms with Crippen LogP contribution in [0.4, 0.5) is 10.5 Å². The van der Waals surface area contributed by atoms with E-state index in [0.29, 0.717) is 11.6 Å². The number of amides is 2. The Hall–Kier alpha value is -2.00. The lowest BCUT2D eigenvalue weighted by Crippen LogP contribution is -2.29. The first-order valence-corrected chi connectivity index (χ1v) is 7.63. The molecule has 0 heterocycles. The molecule has 3 nitrogen and oxygen atoms in total. The molecule has 116 valence electrons. The Bertz CT molecular complexity index is 662. The van der Waals surface area contributed by atoms with E-state index in [0.717, 1.165) is 16.8 Å². The molecule has 0 saturated heterocycles. The number of nitrogens with one attached hydrogen (secondary N) is 2. The van der Waals surface area contributed by atoms with Crippen LogP contribution in [-0.2, 0) is 12.0 Å². The summed E-state index contributed by atoms with van der Waals surface area (Å²) in [5.41, 5.74) is 2.78. The van der Waals surface area contributed by atoms with Crippen LogP contribution in [-0.4, -0.2) is 6.03 Å². The molecule has 2 amide bonds. The molecule has 2 aromatic carbocycles. The minimum Gasteiger partial charge on any atom is -0.334 e. The van der Waals surface area contributed by atoms with Gasteiger partial charge in [0.25, 0.3) is 0 Å². The summed E-state index contributed by atoms with van der Waals surface area (Å²) >= 11 is 6.08. The fourth-order valence-corrected chi connectivity index (χ4v) is 2.43. The minimum atomic E-state index is -0.239. The summed E-state index contributed by atoms with van der Waals surface area (Å²) in [6, 6.07) is 15.1. The molecular formula is C18H21ClN2O. The first-order valence-electron chi connectivity index (χ1n) is 7.25. The molecular weight excluding hydrogens is 296 g/mol. The molecule has 0 atom stereocenters. The van der Waals surface area contributed by atoms with Crippen molar-refractivity contribution >= 4 is 23.3 Å². The highest BCUT2D eigenvalue weighted by atomic mass is 35.5. The molecule has 4 heteroatoms. The number of hydrogen-bond donors (Lipinski definition) is 2. The van der Waals surface area contributed by atoms with Crippen LogP contribution in [0.15, 0.2) is 48.5 Å². The van der Waals surface area contributed by atoms with Crippen molar-refractivity contribution in [1.82, 2.24) is 5.32 Å². The van der Waals surface area contributed by atoms with E-state index in [1.807, 2.05) is 48.5 Å². The predicted octanol–water partition coefficient (Wildman–Crippen LogP) is 4.96. The standard InChI is InChI=1S/C18H21ClN2O/c1-18(2,3)14-9-5-7-11-16(14)21-17(22)20-12-13-8-4-6-10-15(13)19/h4-11H,12H2,1-3H3,(H2,20,21,22). The van der Waals surface area contributed by atoms with Gasteiger partial charge in [-0.3, -0.25) is 0 Å². The van der Waals surface area contributed by atoms with E-state index in [2.05, 4.69) is 31.4 Å². The Morgan fingerprint density at radius 2 is 1.68 bits per heavy atom. The molecule has 0 unspecified atom stereocenters. The summed E-state index contributed by atoms with van der Waals surface area (Å²) in [7, 11) is 0. The van der Waals surface area contributed by atoms with Crippen LogP contribution in [0, 0.1) is 0 Å². The Morgan fingerprint density at radius 1 is 1.05 bits per heavy atom. The maximum Gasteiger partial charge on any atom is 0.319 e. The summed E-state index contributed by atoms with van der Waals surface area (Å²) in [6.07, 6.45) is 0. The molecule has 2 N–H and O–H groups in total. The van der Waals surface area contributed by atoms with Gasteiger partial charge in [-0.15, -0.1) is 0 Å². The zero-order chi connectivity index (χ0) is 16.2. The molecule has 2 aromatic rings. The van der Waals surface area contributed by atoms with Crippen LogP contribution in [0.25, 0.3) is 0 Å². The molecule has 0 aromatic heterocycles. The summed E-state index contributed by atoms with van der Waals surface area (Å²) in [5, 5.41) is 6.40. The summed E-state index contributed by atoms with van der Waals surface area (Å²) in [4.78, 5) is 12.1. The Balaban J connectivity index is 2.03. The first-order chi connectivity index (χ1) is 10.4. The van der Waals surface area contributed by atoms with Gasteiger partial charge in [0.05, 0.1) is 0 Å². The summed E-state index contributed by atoms with van der Waals surface area (Å²) < 4.78 is 0. The van der Waals surface area contributed by atoms with E-state index >= 15 is 0 Å². The van der Waals surface area contributed by atoms with E-state index in [1.54, 1.807) is 0 Å². The SMILES string of the molecule is CC(C)(C)c1ccccc1NC(=O)NCc1ccccc1Cl. The largest absolute Gasteiger partial charge is 0.334 e. The monoisotopic (exact) mass is 316 g/mol. The Morgan fingerprint density at radius 3 is 2.36 bits per heavy atom. The zero-order valence-corrected chi connectivity index (χ0v) is 13.9. The lowest BCUT2D eigenvalue weighted by molar-refractivity contribution is 0.251. The van der Waals surface area contributed by atoms with Gasteiger partial charge in [0.15, 0.2) is 0 Å². The van der Waals surface area contributed by atoms with Crippen LogP contribution in [0.5, 0.6) is 0 Å². The Kier molecular flexibility index (Phi) is 5.09. The van der Waals surface area contributed by atoms with E-state index in [-0.39, 0.29) is 11.4 Å². The van der Waals surface area contributed by atoms with Gasteiger partial charge < -0.3 is 10.6 Å². The summed E-state index contributed by atoms with van der Waals surface area (Å²) in [6.45, 7) is 6.75. The highest BCUT2D eigenvalue weighted by molar-refractivity contribution is 6.31. The van der Waals surface area contributed by atoms with Crippen molar-refractivity contribution in [3.63, 3.8) is 0 Å². The lowest BCUT2D eigenvalue weighted by atomic mass is 9.86. The number of para-hydroxylation sites is 1. The third-order valence-corrected chi connectivity index (χ3v) is 3.75. The average Bonchev–Trinajstić information content (AvgIpc) is 2.46. The van der Waals surface area contributed by atoms with Gasteiger partial charge in [0, 0.05) is 17.3 Å². The van der Waals surface area contributed by atoms with Crippen molar-refractivity contribution in [2.24, 2.45) is 0 Å². The third-order valence-electron chi connectivity index (χ3n) is 3.38. The number of benzene rings is 2. The molecule has 0 fully saturated rings. The van der Waals surface area contributed by atoms with E-state index < -0.39 is 0 Å². The number of carbonyl (C=O) groups excluding carboxylic acids is 1. The highest BCUT2D eigenvalue weighted by Crippen LogP contribution is 2.29. The normalized spacial score (nSPS) is 11.1. The van der Waals surface area contributed by atoms with E-state index in [4.69, 9.17) is 11.6 Å². The molecule has 0 aliphatic heterocycles. The smallest absolute Gasteiger partial charge is 0.319 e. The Labute approximate surface area is 136 Å². The van der Waals surface area contributed by atoms with Crippen LogP contribution in [0.1, 0.15) is 31.9 Å². The molecule has 0 radical (unpaired) electrons. The second kappa shape index (κ2) is 6.84. The first kappa shape index (κ1) is 16.4. The molecule has 0 aliphatic rings. The van der Waals surface area contributed by atoms with Crippen LogP contribution >= 0.6 is 11.6 Å². The maximum absolute atomic E-state index is 12.1.